The van der Waals surface area contributed by atoms with Crippen LogP contribution in [0, 0.1) is 24.7 Å². The molecule has 1 aliphatic carbocycles. The maximum absolute atomic E-state index is 13.1. The van der Waals surface area contributed by atoms with E-state index in [0.29, 0.717) is 48.5 Å². The molecule has 1 aliphatic rings. The van der Waals surface area contributed by atoms with Gasteiger partial charge >= 0.3 is 11.9 Å². The topological polar surface area (TPSA) is 144 Å². The van der Waals surface area contributed by atoms with E-state index < -0.39 is 36.9 Å². The molecule has 0 radical (unpaired) electrons. The van der Waals surface area contributed by atoms with Gasteiger partial charge in [0, 0.05) is 23.5 Å². The molecular weight excluding hydrogens is 574 g/mol. The number of hydrogen-bond acceptors (Lipinski definition) is 10. The van der Waals surface area contributed by atoms with E-state index in [0.717, 1.165) is 5.56 Å². The normalized spacial score (nSPS) is 18.9. The highest BCUT2D eigenvalue weighted by Gasteiger charge is 2.39. The van der Waals surface area contributed by atoms with Crippen LogP contribution in [0.4, 0.5) is 20.4 Å². The molecule has 4 rings (SSSR count). The standard InChI is InChI=1S/C32H38F2N4O6/c1-18(2)28(39)31(41)44-17-43-30(40)20-5-8-23(9-6-20)32(4,42)25-10-7-22(16-36-25)24-13-19(3)14-27(37-24)38-26-15-21(29(33)34)11-12-35-26/h7,10-16,18,20,23,28-29,39,42H,5-6,8-9,17H2,1-4H3,(H,35,37,38)/t20?,23?,28-,32+/m0/s1. The molecule has 1 saturated carbocycles. The third-order valence-electron chi connectivity index (χ3n) is 7.97. The first kappa shape index (κ1) is 32.9. The zero-order valence-electron chi connectivity index (χ0n) is 25.2. The van der Waals surface area contributed by atoms with Crippen molar-refractivity contribution in [2.45, 2.75) is 71.5 Å². The summed E-state index contributed by atoms with van der Waals surface area (Å²) in [5.74, 6) is -1.46. The first-order valence-corrected chi connectivity index (χ1v) is 14.6. The lowest BCUT2D eigenvalue weighted by atomic mass is 9.73. The van der Waals surface area contributed by atoms with Gasteiger partial charge in [0.2, 0.25) is 6.79 Å². The second kappa shape index (κ2) is 14.2. The number of halogens is 2. The summed E-state index contributed by atoms with van der Waals surface area (Å²) in [6.45, 7) is 6.40. The molecule has 44 heavy (non-hydrogen) atoms. The number of ether oxygens (including phenoxy) is 2. The van der Waals surface area contributed by atoms with E-state index >= 15 is 0 Å². The van der Waals surface area contributed by atoms with Crippen LogP contribution in [0.1, 0.15) is 69.7 Å². The van der Waals surface area contributed by atoms with Gasteiger partial charge in [-0.3, -0.25) is 9.78 Å². The van der Waals surface area contributed by atoms with Crippen molar-refractivity contribution in [3.63, 3.8) is 0 Å². The minimum absolute atomic E-state index is 0.142. The van der Waals surface area contributed by atoms with Crippen molar-refractivity contribution >= 4 is 23.6 Å². The maximum Gasteiger partial charge on any atom is 0.338 e. The molecular formula is C32H38F2N4O6. The van der Waals surface area contributed by atoms with Gasteiger partial charge in [0.1, 0.15) is 17.2 Å². The fraction of sp³-hybridized carbons (Fsp3) is 0.469. The molecule has 3 N–H and O–H groups in total. The number of rotatable bonds is 11. The van der Waals surface area contributed by atoms with Crippen molar-refractivity contribution in [3.8, 4) is 11.3 Å². The molecule has 2 atom stereocenters. The van der Waals surface area contributed by atoms with Crippen molar-refractivity contribution in [2.24, 2.45) is 17.8 Å². The Hall–Kier alpha value is -4.03. The zero-order valence-corrected chi connectivity index (χ0v) is 25.2. The molecule has 3 heterocycles. The van der Waals surface area contributed by atoms with Gasteiger partial charge in [0.25, 0.3) is 6.43 Å². The summed E-state index contributed by atoms with van der Waals surface area (Å²) in [4.78, 5) is 37.5. The van der Waals surface area contributed by atoms with E-state index in [2.05, 4.69) is 20.3 Å². The number of nitrogens with one attached hydrogen (secondary N) is 1. The summed E-state index contributed by atoms with van der Waals surface area (Å²) in [5, 5.41) is 24.2. The highest BCUT2D eigenvalue weighted by Crippen LogP contribution is 2.41. The van der Waals surface area contributed by atoms with Gasteiger partial charge in [-0.25, -0.2) is 23.5 Å². The molecule has 12 heteroatoms. The number of pyridine rings is 3. The molecule has 0 amide bonds. The molecule has 1 fully saturated rings. The Morgan fingerprint density at radius 2 is 1.77 bits per heavy atom. The number of esters is 2. The van der Waals surface area contributed by atoms with Gasteiger partial charge in [-0.15, -0.1) is 0 Å². The summed E-state index contributed by atoms with van der Waals surface area (Å²) in [6.07, 6.45) is 1.19. The lowest BCUT2D eigenvalue weighted by Gasteiger charge is -2.37. The number of alkyl halides is 2. The highest BCUT2D eigenvalue weighted by atomic mass is 19.3. The number of carbonyl (C=O) groups excluding carboxylic acids is 2. The van der Waals surface area contributed by atoms with Crippen LogP contribution >= 0.6 is 0 Å². The summed E-state index contributed by atoms with van der Waals surface area (Å²) in [5.41, 5.74) is 1.31. The third kappa shape index (κ3) is 8.11. The Labute approximate surface area is 254 Å². The van der Waals surface area contributed by atoms with Crippen molar-refractivity contribution < 1.29 is 38.1 Å². The van der Waals surface area contributed by atoms with Gasteiger partial charge < -0.3 is 25.0 Å². The van der Waals surface area contributed by atoms with E-state index in [-0.39, 0.29) is 29.1 Å². The number of aryl methyl sites for hydroxylation is 1. The predicted octanol–water partition coefficient (Wildman–Crippen LogP) is 5.60. The molecule has 236 valence electrons. The largest absolute Gasteiger partial charge is 0.428 e. The van der Waals surface area contributed by atoms with Crippen LogP contribution in [0.3, 0.4) is 0 Å². The number of hydrogen-bond donors (Lipinski definition) is 3. The van der Waals surface area contributed by atoms with E-state index in [9.17, 15) is 28.6 Å². The predicted molar refractivity (Wildman–Crippen MR) is 158 cm³/mol. The average molecular weight is 613 g/mol. The fourth-order valence-corrected chi connectivity index (χ4v) is 5.23. The first-order chi connectivity index (χ1) is 20.8. The summed E-state index contributed by atoms with van der Waals surface area (Å²) >= 11 is 0. The van der Waals surface area contributed by atoms with Crippen LogP contribution in [0.2, 0.25) is 0 Å². The minimum Gasteiger partial charge on any atom is -0.428 e. The molecule has 0 unspecified atom stereocenters. The van der Waals surface area contributed by atoms with Gasteiger partial charge in [0.15, 0.2) is 6.10 Å². The van der Waals surface area contributed by atoms with E-state index in [1.165, 1.54) is 18.3 Å². The number of carbonyl (C=O) groups is 2. The maximum atomic E-state index is 13.1. The molecule has 0 bridgehead atoms. The van der Waals surface area contributed by atoms with Crippen LogP contribution in [-0.4, -0.2) is 50.0 Å². The Kier molecular flexibility index (Phi) is 10.6. The van der Waals surface area contributed by atoms with E-state index in [4.69, 9.17) is 9.47 Å². The molecule has 3 aromatic rings. The summed E-state index contributed by atoms with van der Waals surface area (Å²) in [7, 11) is 0. The second-order valence-corrected chi connectivity index (χ2v) is 11.7. The number of aliphatic hydroxyl groups is 2. The van der Waals surface area contributed by atoms with Gasteiger partial charge in [-0.05, 0) is 93.3 Å². The third-order valence-corrected chi connectivity index (χ3v) is 7.97. The Balaban J connectivity index is 1.35. The van der Waals surface area contributed by atoms with E-state index in [1.807, 2.05) is 19.1 Å². The lowest BCUT2D eigenvalue weighted by molar-refractivity contribution is -0.178. The Morgan fingerprint density at radius 1 is 1.05 bits per heavy atom. The Bertz CT molecular complexity index is 1440. The summed E-state index contributed by atoms with van der Waals surface area (Å²) in [6, 6.07) is 9.76. The molecule has 3 aromatic heterocycles. The van der Waals surface area contributed by atoms with Crippen LogP contribution in [0.15, 0.2) is 48.8 Å². The second-order valence-electron chi connectivity index (χ2n) is 11.7. The smallest absolute Gasteiger partial charge is 0.338 e. The minimum atomic E-state index is -2.61. The van der Waals surface area contributed by atoms with Crippen molar-refractivity contribution in [2.75, 3.05) is 12.1 Å². The zero-order chi connectivity index (χ0) is 32.0. The lowest BCUT2D eigenvalue weighted by Crippen LogP contribution is -2.37. The number of aromatic nitrogens is 3. The van der Waals surface area contributed by atoms with Crippen LogP contribution < -0.4 is 5.32 Å². The Morgan fingerprint density at radius 3 is 2.41 bits per heavy atom. The number of anilines is 2. The monoisotopic (exact) mass is 612 g/mol. The molecule has 0 aliphatic heterocycles. The number of nitrogens with zero attached hydrogens (tertiary/aromatic N) is 3. The van der Waals surface area contributed by atoms with Gasteiger partial charge in [-0.1, -0.05) is 13.8 Å². The van der Waals surface area contributed by atoms with Crippen LogP contribution in [0.25, 0.3) is 11.3 Å². The molecule has 0 spiro atoms. The highest BCUT2D eigenvalue weighted by molar-refractivity contribution is 5.75. The average Bonchev–Trinajstić information content (AvgIpc) is 3.00. The van der Waals surface area contributed by atoms with Crippen LogP contribution in [-0.2, 0) is 24.7 Å². The van der Waals surface area contributed by atoms with Crippen molar-refractivity contribution in [3.05, 3.63) is 65.6 Å². The van der Waals surface area contributed by atoms with Crippen molar-refractivity contribution in [1.29, 1.82) is 0 Å². The number of aliphatic hydroxyl groups excluding tert-OH is 1. The first-order valence-electron chi connectivity index (χ1n) is 14.6. The SMILES string of the molecule is Cc1cc(Nc2cc(C(F)F)ccn2)nc(-c2ccc([C@](C)(O)C3CCC(C(=O)OCOC(=O)[C@@H](O)C(C)C)CC3)nc2)c1. The van der Waals surface area contributed by atoms with Gasteiger partial charge in [-0.2, -0.15) is 0 Å². The molecule has 10 nitrogen and oxygen atoms in total. The van der Waals surface area contributed by atoms with Gasteiger partial charge in [0.05, 0.1) is 17.3 Å². The van der Waals surface area contributed by atoms with Crippen LogP contribution in [0.5, 0.6) is 0 Å². The quantitative estimate of drug-likeness (QED) is 0.185. The fourth-order valence-electron chi connectivity index (χ4n) is 5.23. The molecule has 0 saturated heterocycles. The summed E-state index contributed by atoms with van der Waals surface area (Å²) < 4.78 is 36.1. The van der Waals surface area contributed by atoms with E-state index in [1.54, 1.807) is 39.1 Å². The molecule has 0 aromatic carbocycles. The van der Waals surface area contributed by atoms with Crippen molar-refractivity contribution in [1.82, 2.24) is 15.0 Å².